The Bertz CT molecular complexity index is 1820. The number of carbonyl (C=O) groups excluding carboxylic acids is 1. The van der Waals surface area contributed by atoms with Gasteiger partial charge in [0.05, 0.1) is 36.8 Å². The second-order valence-electron chi connectivity index (χ2n) is 12.1. The van der Waals surface area contributed by atoms with Crippen LogP contribution in [0, 0.1) is 11.6 Å². The molecule has 1 amide bonds. The number of anilines is 5. The summed E-state index contributed by atoms with van der Waals surface area (Å²) in [5.41, 5.74) is 2.63. The lowest BCUT2D eigenvalue weighted by molar-refractivity contribution is -0.111. The summed E-state index contributed by atoms with van der Waals surface area (Å²) in [5.74, 6) is 0.638. The number of methoxy groups -OCH3 is 1. The standard InChI is InChI=1S/C36H39F2N7O4/c1-5-36(46)42-29-19-30(33(47-4)20-32(29)44-12-9-26(10-13-44)43(2)3)41-34-21-35(40-22-39-34)45-31(11-14-48-45)23-15-25(38)18-28(16-23)49-27-8-6-7-24(37)17-27/h5-8,15-22,26,31H,1,9-14H2,2-4H3,(H,42,46)(H,39,40,41). The highest BCUT2D eigenvalue weighted by atomic mass is 19.1. The smallest absolute Gasteiger partial charge is 0.247 e. The minimum atomic E-state index is -0.502. The van der Waals surface area contributed by atoms with Crippen LogP contribution < -0.4 is 30.1 Å². The molecule has 0 spiro atoms. The van der Waals surface area contributed by atoms with Gasteiger partial charge >= 0.3 is 0 Å². The minimum Gasteiger partial charge on any atom is -0.494 e. The zero-order chi connectivity index (χ0) is 34.5. The highest BCUT2D eigenvalue weighted by molar-refractivity contribution is 6.02. The number of hydrogen-bond donors (Lipinski definition) is 2. The summed E-state index contributed by atoms with van der Waals surface area (Å²) in [6, 6.07) is 15.6. The van der Waals surface area contributed by atoms with E-state index in [1.807, 2.05) is 12.1 Å². The van der Waals surface area contributed by atoms with Crippen LogP contribution in [0.4, 0.5) is 37.5 Å². The fourth-order valence-corrected chi connectivity index (χ4v) is 6.18. The number of aromatic nitrogens is 2. The van der Waals surface area contributed by atoms with Gasteiger partial charge in [-0.2, -0.15) is 0 Å². The van der Waals surface area contributed by atoms with E-state index in [0.717, 1.165) is 31.6 Å². The predicted octanol–water partition coefficient (Wildman–Crippen LogP) is 6.84. The second-order valence-corrected chi connectivity index (χ2v) is 12.1. The predicted molar refractivity (Wildman–Crippen MR) is 185 cm³/mol. The molecule has 6 rings (SSSR count). The van der Waals surface area contributed by atoms with Crippen LogP contribution in [-0.4, -0.2) is 67.7 Å². The normalized spacial score (nSPS) is 16.5. The van der Waals surface area contributed by atoms with Gasteiger partial charge in [0.25, 0.3) is 0 Å². The molecule has 13 heteroatoms. The van der Waals surface area contributed by atoms with Gasteiger partial charge in [-0.15, -0.1) is 0 Å². The topological polar surface area (TPSA) is 104 Å². The van der Waals surface area contributed by atoms with E-state index in [9.17, 15) is 13.6 Å². The van der Waals surface area contributed by atoms with E-state index in [1.165, 1.54) is 42.7 Å². The average molecular weight is 672 g/mol. The summed E-state index contributed by atoms with van der Waals surface area (Å²) in [7, 11) is 5.78. The molecule has 3 heterocycles. The molecule has 0 radical (unpaired) electrons. The van der Waals surface area contributed by atoms with E-state index in [-0.39, 0.29) is 23.4 Å². The zero-order valence-electron chi connectivity index (χ0n) is 27.7. The molecule has 1 aromatic heterocycles. The van der Waals surface area contributed by atoms with E-state index >= 15 is 0 Å². The summed E-state index contributed by atoms with van der Waals surface area (Å²) in [6.45, 7) is 5.64. The molecule has 1 unspecified atom stereocenters. The van der Waals surface area contributed by atoms with Crippen LogP contribution in [0.25, 0.3) is 0 Å². The van der Waals surface area contributed by atoms with Gasteiger partial charge in [0.1, 0.15) is 41.0 Å². The lowest BCUT2D eigenvalue weighted by Gasteiger charge is -2.37. The van der Waals surface area contributed by atoms with Crippen LogP contribution >= 0.6 is 0 Å². The maximum absolute atomic E-state index is 14.8. The highest BCUT2D eigenvalue weighted by Gasteiger charge is 2.30. The van der Waals surface area contributed by atoms with E-state index in [0.29, 0.717) is 53.4 Å². The van der Waals surface area contributed by atoms with Crippen LogP contribution in [0.1, 0.15) is 30.9 Å². The lowest BCUT2D eigenvalue weighted by Crippen LogP contribution is -2.42. The molecule has 256 valence electrons. The number of nitrogens with zero attached hydrogens (tertiary/aromatic N) is 5. The van der Waals surface area contributed by atoms with Gasteiger partial charge in [-0.05, 0) is 68.9 Å². The molecule has 3 aromatic carbocycles. The molecule has 0 aliphatic carbocycles. The number of carbonyl (C=O) groups is 1. The van der Waals surface area contributed by atoms with Crippen molar-refractivity contribution in [3.05, 3.63) is 96.8 Å². The van der Waals surface area contributed by atoms with Gasteiger partial charge in [-0.25, -0.2) is 23.8 Å². The summed E-state index contributed by atoms with van der Waals surface area (Å²) >= 11 is 0. The largest absolute Gasteiger partial charge is 0.494 e. The first-order chi connectivity index (χ1) is 23.7. The number of rotatable bonds is 11. The number of halogens is 2. The number of hydrogen-bond acceptors (Lipinski definition) is 10. The van der Waals surface area contributed by atoms with Crippen LogP contribution in [0.5, 0.6) is 17.2 Å². The Hall–Kier alpha value is -5.27. The second kappa shape index (κ2) is 14.9. The Labute approximate surface area is 284 Å². The number of hydroxylamine groups is 1. The van der Waals surface area contributed by atoms with Crippen molar-refractivity contribution in [1.82, 2.24) is 14.9 Å². The van der Waals surface area contributed by atoms with E-state index in [1.54, 1.807) is 30.4 Å². The molecule has 2 aliphatic rings. The van der Waals surface area contributed by atoms with Crippen molar-refractivity contribution in [2.24, 2.45) is 0 Å². The van der Waals surface area contributed by atoms with Gasteiger partial charge in [-0.1, -0.05) is 12.6 Å². The molecule has 1 atom stereocenters. The molecule has 2 aliphatic heterocycles. The quantitative estimate of drug-likeness (QED) is 0.165. The Morgan fingerprint density at radius 3 is 2.53 bits per heavy atom. The first-order valence-corrected chi connectivity index (χ1v) is 16.0. The van der Waals surface area contributed by atoms with Gasteiger partial charge in [-0.3, -0.25) is 9.63 Å². The van der Waals surface area contributed by atoms with Crippen molar-refractivity contribution < 1.29 is 27.9 Å². The fraction of sp³-hybridized carbons (Fsp3) is 0.306. The number of nitrogens with one attached hydrogen (secondary N) is 2. The van der Waals surface area contributed by atoms with Crippen LogP contribution in [0.2, 0.25) is 0 Å². The molecule has 4 aromatic rings. The maximum Gasteiger partial charge on any atom is 0.247 e. The minimum absolute atomic E-state index is 0.231. The lowest BCUT2D eigenvalue weighted by atomic mass is 10.0. The first kappa shape index (κ1) is 33.6. The Morgan fingerprint density at radius 2 is 1.80 bits per heavy atom. The van der Waals surface area contributed by atoms with Gasteiger partial charge in [0.2, 0.25) is 5.91 Å². The third kappa shape index (κ3) is 7.90. The fourth-order valence-electron chi connectivity index (χ4n) is 6.18. The molecule has 0 saturated carbocycles. The monoisotopic (exact) mass is 671 g/mol. The number of amides is 1. The van der Waals surface area contributed by atoms with Gasteiger partial charge in [0, 0.05) is 49.8 Å². The molecular formula is C36H39F2N7O4. The summed E-state index contributed by atoms with van der Waals surface area (Å²) < 4.78 is 40.1. The van der Waals surface area contributed by atoms with Crippen molar-refractivity contribution in [2.75, 3.05) is 61.5 Å². The molecular weight excluding hydrogens is 632 g/mol. The number of ether oxygens (including phenoxy) is 2. The van der Waals surface area contributed by atoms with E-state index < -0.39 is 11.6 Å². The molecule has 0 bridgehead atoms. The van der Waals surface area contributed by atoms with E-state index in [4.69, 9.17) is 14.3 Å². The van der Waals surface area contributed by atoms with Crippen LogP contribution in [0.3, 0.4) is 0 Å². The molecule has 49 heavy (non-hydrogen) atoms. The first-order valence-electron chi connectivity index (χ1n) is 16.0. The number of benzene rings is 3. The van der Waals surface area contributed by atoms with Crippen LogP contribution in [-0.2, 0) is 9.63 Å². The van der Waals surface area contributed by atoms with Gasteiger partial charge in [0.15, 0.2) is 5.82 Å². The van der Waals surface area contributed by atoms with Crippen molar-refractivity contribution in [3.8, 4) is 17.2 Å². The summed E-state index contributed by atoms with van der Waals surface area (Å²) in [6.07, 6.45) is 5.17. The average Bonchev–Trinajstić information content (AvgIpc) is 3.59. The van der Waals surface area contributed by atoms with Crippen molar-refractivity contribution in [2.45, 2.75) is 31.3 Å². The Balaban J connectivity index is 1.25. The Morgan fingerprint density at radius 1 is 1.00 bits per heavy atom. The molecule has 2 saturated heterocycles. The van der Waals surface area contributed by atoms with E-state index in [2.05, 4.69) is 51.1 Å². The maximum atomic E-state index is 14.8. The third-order valence-electron chi connectivity index (χ3n) is 8.65. The van der Waals surface area contributed by atoms with Crippen molar-refractivity contribution in [1.29, 1.82) is 0 Å². The van der Waals surface area contributed by atoms with Gasteiger partial charge < -0.3 is 29.9 Å². The summed E-state index contributed by atoms with van der Waals surface area (Å²) in [4.78, 5) is 31.8. The third-order valence-corrected chi connectivity index (χ3v) is 8.65. The molecule has 2 fully saturated rings. The zero-order valence-corrected chi connectivity index (χ0v) is 27.7. The SMILES string of the molecule is C=CC(=O)Nc1cc(Nc2cc(N3OCCC3c3cc(F)cc(Oc4cccc(F)c4)c3)ncn2)c(OC)cc1N1CCC(N(C)C)CC1. The van der Waals surface area contributed by atoms with Crippen LogP contribution in [0.15, 0.2) is 79.6 Å². The highest BCUT2D eigenvalue weighted by Crippen LogP contribution is 2.41. The summed E-state index contributed by atoms with van der Waals surface area (Å²) in [5, 5.41) is 7.87. The molecule has 2 N–H and O–H groups in total. The van der Waals surface area contributed by atoms with Crippen molar-refractivity contribution >= 4 is 34.6 Å². The Kier molecular flexibility index (Phi) is 10.2. The number of piperidine rings is 1. The van der Waals surface area contributed by atoms with Crippen molar-refractivity contribution in [3.63, 3.8) is 0 Å². The molecule has 11 nitrogen and oxygen atoms in total.